The third kappa shape index (κ3) is 3.67. The number of carboxylic acid groups (broad SMARTS) is 1. The molecule has 0 spiro atoms. The van der Waals surface area contributed by atoms with Crippen LogP contribution in [0, 0.1) is 0 Å². The van der Waals surface area contributed by atoms with Crippen LogP contribution in [0.15, 0.2) is 0 Å². The van der Waals surface area contributed by atoms with Gasteiger partial charge in [-0.1, -0.05) is 0 Å². The molecule has 1 saturated heterocycles. The van der Waals surface area contributed by atoms with Crippen LogP contribution in [0.5, 0.6) is 0 Å². The number of carboxylic acids is 1. The van der Waals surface area contributed by atoms with E-state index in [9.17, 15) is 14.7 Å². The lowest BCUT2D eigenvalue weighted by molar-refractivity contribution is -0.156. The fourth-order valence-electron chi connectivity index (χ4n) is 2.56. The minimum Gasteiger partial charge on any atom is -0.480 e. The number of hydrogen-bond acceptors (Lipinski definition) is 4. The molecule has 6 nitrogen and oxygen atoms in total. The molecule has 110 valence electrons. The Hall–Kier alpha value is -1.14. The molecule has 0 aromatic carbocycles. The zero-order valence-electron chi connectivity index (χ0n) is 11.9. The molecule has 19 heavy (non-hydrogen) atoms. The average Bonchev–Trinajstić information content (AvgIpc) is 2.38. The molecule has 1 rings (SSSR count). The number of nitrogens with one attached hydrogen (secondary N) is 1. The number of carbonyl (C=O) groups is 2. The van der Waals surface area contributed by atoms with Gasteiger partial charge in [-0.3, -0.25) is 14.5 Å². The van der Waals surface area contributed by atoms with Crippen molar-refractivity contribution in [1.82, 2.24) is 10.2 Å². The number of nitrogens with zero attached hydrogens (tertiary/aromatic N) is 1. The van der Waals surface area contributed by atoms with E-state index < -0.39 is 17.6 Å². The molecule has 0 saturated carbocycles. The normalized spacial score (nSPS) is 25.8. The van der Waals surface area contributed by atoms with Gasteiger partial charge in [-0.2, -0.15) is 0 Å². The lowest BCUT2D eigenvalue weighted by atomic mass is 9.87. The highest BCUT2D eigenvalue weighted by molar-refractivity contribution is 5.84. The highest BCUT2D eigenvalue weighted by Crippen LogP contribution is 2.30. The van der Waals surface area contributed by atoms with Gasteiger partial charge in [-0.15, -0.1) is 0 Å². The third-order valence-electron chi connectivity index (χ3n) is 3.86. The van der Waals surface area contributed by atoms with E-state index in [1.54, 1.807) is 25.9 Å². The Bertz CT molecular complexity index is 335. The average molecular weight is 272 g/mol. The monoisotopic (exact) mass is 272 g/mol. The van der Waals surface area contributed by atoms with Crippen molar-refractivity contribution in [1.29, 1.82) is 0 Å². The topological polar surface area (TPSA) is 78.9 Å². The molecule has 1 amide bonds. The van der Waals surface area contributed by atoms with Crippen molar-refractivity contribution in [2.45, 2.75) is 44.7 Å². The van der Waals surface area contributed by atoms with Gasteiger partial charge in [-0.05, 0) is 33.1 Å². The Kier molecular flexibility index (Phi) is 5.75. The molecular formula is C13H24N2O4. The number of hydrogen-bond donors (Lipinski definition) is 2. The Morgan fingerprint density at radius 1 is 1.47 bits per heavy atom. The lowest BCUT2D eigenvalue weighted by Gasteiger charge is -2.44. The highest BCUT2D eigenvalue weighted by Gasteiger charge is 2.44. The van der Waals surface area contributed by atoms with Crippen LogP contribution < -0.4 is 5.32 Å². The van der Waals surface area contributed by atoms with Crippen LogP contribution in [0.2, 0.25) is 0 Å². The Morgan fingerprint density at radius 3 is 2.74 bits per heavy atom. The standard InChI is InChI=1S/C13H24N2O4/c1-10(11(16)14-7-9-19-3)15-8-5-4-6-13(15,2)12(17)18/h10H,4-9H2,1-3H3,(H,14,16)(H,17,18). The van der Waals surface area contributed by atoms with Gasteiger partial charge in [0.1, 0.15) is 5.54 Å². The minimum absolute atomic E-state index is 0.147. The number of methoxy groups -OCH3 is 1. The third-order valence-corrected chi connectivity index (χ3v) is 3.86. The van der Waals surface area contributed by atoms with E-state index in [-0.39, 0.29) is 5.91 Å². The van der Waals surface area contributed by atoms with E-state index in [1.807, 2.05) is 0 Å². The van der Waals surface area contributed by atoms with Gasteiger partial charge in [0.25, 0.3) is 0 Å². The molecule has 1 aliphatic heterocycles. The molecule has 0 aliphatic carbocycles. The molecule has 6 heteroatoms. The number of likely N-dealkylation sites (tertiary alicyclic amines) is 1. The second-order valence-corrected chi connectivity index (χ2v) is 5.19. The summed E-state index contributed by atoms with van der Waals surface area (Å²) in [5.41, 5.74) is -0.948. The van der Waals surface area contributed by atoms with Crippen molar-refractivity contribution in [3.63, 3.8) is 0 Å². The first kappa shape index (κ1) is 15.9. The second-order valence-electron chi connectivity index (χ2n) is 5.19. The van der Waals surface area contributed by atoms with Crippen LogP contribution in [0.3, 0.4) is 0 Å². The van der Waals surface area contributed by atoms with E-state index in [1.165, 1.54) is 0 Å². The van der Waals surface area contributed by atoms with Crippen LogP contribution in [0.25, 0.3) is 0 Å². The summed E-state index contributed by atoms with van der Waals surface area (Å²) >= 11 is 0. The molecule has 0 aromatic heterocycles. The fourth-order valence-corrected chi connectivity index (χ4v) is 2.56. The van der Waals surface area contributed by atoms with Crippen molar-refractivity contribution >= 4 is 11.9 Å². The zero-order valence-corrected chi connectivity index (χ0v) is 11.9. The van der Waals surface area contributed by atoms with Crippen molar-refractivity contribution in [3.8, 4) is 0 Å². The zero-order chi connectivity index (χ0) is 14.5. The summed E-state index contributed by atoms with van der Waals surface area (Å²) in [5.74, 6) is -1.00. The predicted octanol–water partition coefficient (Wildman–Crippen LogP) is 0.467. The van der Waals surface area contributed by atoms with E-state index in [4.69, 9.17) is 4.74 Å². The Labute approximate surface area is 114 Å². The molecule has 1 heterocycles. The number of amides is 1. The summed E-state index contributed by atoms with van der Waals surface area (Å²) in [6, 6.07) is -0.446. The van der Waals surface area contributed by atoms with Crippen LogP contribution in [-0.4, -0.2) is 60.3 Å². The fraction of sp³-hybridized carbons (Fsp3) is 0.846. The van der Waals surface area contributed by atoms with Gasteiger partial charge >= 0.3 is 5.97 Å². The van der Waals surface area contributed by atoms with Crippen LogP contribution in [-0.2, 0) is 14.3 Å². The van der Waals surface area contributed by atoms with Gasteiger partial charge in [0.2, 0.25) is 5.91 Å². The lowest BCUT2D eigenvalue weighted by Crippen LogP contribution is -2.61. The summed E-state index contributed by atoms with van der Waals surface area (Å²) in [4.78, 5) is 25.3. The van der Waals surface area contributed by atoms with Gasteiger partial charge < -0.3 is 15.2 Å². The van der Waals surface area contributed by atoms with Crippen LogP contribution in [0.4, 0.5) is 0 Å². The van der Waals surface area contributed by atoms with E-state index >= 15 is 0 Å². The maximum absolute atomic E-state index is 12.0. The molecule has 0 radical (unpaired) electrons. The summed E-state index contributed by atoms with van der Waals surface area (Å²) in [5, 5.41) is 12.2. The largest absolute Gasteiger partial charge is 0.480 e. The first-order valence-electron chi connectivity index (χ1n) is 6.70. The number of piperidine rings is 1. The van der Waals surface area contributed by atoms with Crippen molar-refractivity contribution < 1.29 is 19.4 Å². The smallest absolute Gasteiger partial charge is 0.323 e. The van der Waals surface area contributed by atoms with Crippen molar-refractivity contribution in [2.24, 2.45) is 0 Å². The number of ether oxygens (including phenoxy) is 1. The Balaban J connectivity index is 2.69. The van der Waals surface area contributed by atoms with Crippen LogP contribution in [0.1, 0.15) is 33.1 Å². The summed E-state index contributed by atoms with van der Waals surface area (Å²) in [6.45, 7) is 5.00. The van der Waals surface area contributed by atoms with E-state index in [2.05, 4.69) is 5.32 Å². The van der Waals surface area contributed by atoms with Crippen molar-refractivity contribution in [2.75, 3.05) is 26.8 Å². The second kappa shape index (κ2) is 6.86. The SMILES string of the molecule is COCCNC(=O)C(C)N1CCCCC1(C)C(=O)O. The van der Waals surface area contributed by atoms with E-state index in [0.29, 0.717) is 26.1 Å². The maximum atomic E-state index is 12.0. The molecule has 1 aliphatic rings. The summed E-state index contributed by atoms with van der Waals surface area (Å²) in [6.07, 6.45) is 2.40. The number of carbonyl (C=O) groups excluding carboxylic acids is 1. The van der Waals surface area contributed by atoms with Gasteiger partial charge in [0.05, 0.1) is 12.6 Å². The highest BCUT2D eigenvalue weighted by atomic mass is 16.5. The first-order valence-corrected chi connectivity index (χ1v) is 6.70. The number of rotatable bonds is 6. The Morgan fingerprint density at radius 2 is 2.16 bits per heavy atom. The van der Waals surface area contributed by atoms with E-state index in [0.717, 1.165) is 12.8 Å². The van der Waals surface area contributed by atoms with Gasteiger partial charge in [0, 0.05) is 20.2 Å². The van der Waals surface area contributed by atoms with Crippen LogP contribution >= 0.6 is 0 Å². The minimum atomic E-state index is -0.948. The molecule has 1 fully saturated rings. The molecule has 2 N–H and O–H groups in total. The predicted molar refractivity (Wildman–Crippen MR) is 70.9 cm³/mol. The molecule has 2 atom stereocenters. The molecule has 0 bridgehead atoms. The summed E-state index contributed by atoms with van der Waals surface area (Å²) in [7, 11) is 1.57. The quantitative estimate of drug-likeness (QED) is 0.687. The molecule has 2 unspecified atom stereocenters. The maximum Gasteiger partial charge on any atom is 0.323 e. The number of aliphatic carboxylic acids is 1. The molecular weight excluding hydrogens is 248 g/mol. The first-order chi connectivity index (χ1) is 8.93. The summed E-state index contributed by atoms with van der Waals surface area (Å²) < 4.78 is 4.87. The van der Waals surface area contributed by atoms with Gasteiger partial charge in [-0.25, -0.2) is 0 Å². The van der Waals surface area contributed by atoms with Gasteiger partial charge in [0.15, 0.2) is 0 Å². The van der Waals surface area contributed by atoms with Crippen molar-refractivity contribution in [3.05, 3.63) is 0 Å². The molecule has 0 aromatic rings.